The minimum absolute atomic E-state index is 0.613. The lowest BCUT2D eigenvalue weighted by molar-refractivity contribution is 0.215. The van der Waals surface area contributed by atoms with Crippen LogP contribution in [0.15, 0.2) is 0 Å². The second-order valence-corrected chi connectivity index (χ2v) is 6.22. The van der Waals surface area contributed by atoms with Crippen molar-refractivity contribution in [2.24, 2.45) is 17.3 Å². The summed E-state index contributed by atoms with van der Waals surface area (Å²) in [6.45, 7) is 9.52. The molecule has 1 heteroatoms. The summed E-state index contributed by atoms with van der Waals surface area (Å²) < 4.78 is 0. The second kappa shape index (κ2) is 6.05. The SMILES string of the molecule is CCCC(CC(C)CC)C(NC)C1(C)CC1. The highest BCUT2D eigenvalue weighted by Crippen LogP contribution is 2.51. The fourth-order valence-electron chi connectivity index (χ4n) is 3.14. The van der Waals surface area contributed by atoms with Gasteiger partial charge in [0.15, 0.2) is 0 Å². The van der Waals surface area contributed by atoms with Crippen molar-refractivity contribution in [3.05, 3.63) is 0 Å². The Morgan fingerprint density at radius 3 is 2.25 bits per heavy atom. The summed E-state index contributed by atoms with van der Waals surface area (Å²) in [5.74, 6) is 1.77. The molecular formula is C15H31N. The molecule has 0 spiro atoms. The normalized spacial score (nSPS) is 23.8. The predicted molar refractivity (Wildman–Crippen MR) is 72.7 cm³/mol. The third-order valence-electron chi connectivity index (χ3n) is 4.63. The molecule has 3 unspecified atom stereocenters. The standard InChI is InChI=1S/C15H31N/c1-6-8-13(11-12(3)7-2)14(16-5)15(4)9-10-15/h12-14,16H,6-11H2,1-5H3. The van der Waals surface area contributed by atoms with Crippen LogP contribution in [0, 0.1) is 17.3 Å². The summed E-state index contributed by atoms with van der Waals surface area (Å²) in [6.07, 6.45) is 8.32. The average molecular weight is 225 g/mol. The molecule has 0 amide bonds. The van der Waals surface area contributed by atoms with Crippen LogP contribution >= 0.6 is 0 Å². The Kier molecular flexibility index (Phi) is 5.30. The Hall–Kier alpha value is -0.0400. The Morgan fingerprint density at radius 1 is 1.25 bits per heavy atom. The lowest BCUT2D eigenvalue weighted by atomic mass is 9.79. The molecule has 1 nitrogen and oxygen atoms in total. The van der Waals surface area contributed by atoms with Crippen LogP contribution in [-0.2, 0) is 0 Å². The van der Waals surface area contributed by atoms with Crippen molar-refractivity contribution in [1.29, 1.82) is 0 Å². The molecule has 96 valence electrons. The van der Waals surface area contributed by atoms with Crippen molar-refractivity contribution in [3.8, 4) is 0 Å². The first-order chi connectivity index (χ1) is 7.57. The maximum Gasteiger partial charge on any atom is 0.0146 e. The topological polar surface area (TPSA) is 12.0 Å². The minimum Gasteiger partial charge on any atom is -0.316 e. The quantitative estimate of drug-likeness (QED) is 0.652. The first kappa shape index (κ1) is 14.0. The van der Waals surface area contributed by atoms with E-state index in [0.717, 1.165) is 17.9 Å². The molecule has 0 heterocycles. The number of hydrogen-bond acceptors (Lipinski definition) is 1. The van der Waals surface area contributed by atoms with Gasteiger partial charge in [0, 0.05) is 6.04 Å². The molecule has 16 heavy (non-hydrogen) atoms. The molecule has 1 N–H and O–H groups in total. The van der Waals surface area contributed by atoms with Gasteiger partial charge in [-0.15, -0.1) is 0 Å². The van der Waals surface area contributed by atoms with Gasteiger partial charge in [0.05, 0.1) is 0 Å². The summed E-state index contributed by atoms with van der Waals surface area (Å²) in [7, 11) is 2.16. The summed E-state index contributed by atoms with van der Waals surface area (Å²) in [6, 6.07) is 0.751. The second-order valence-electron chi connectivity index (χ2n) is 6.22. The number of hydrogen-bond donors (Lipinski definition) is 1. The van der Waals surface area contributed by atoms with Gasteiger partial charge < -0.3 is 5.32 Å². The van der Waals surface area contributed by atoms with E-state index < -0.39 is 0 Å². The maximum atomic E-state index is 3.62. The molecule has 0 bridgehead atoms. The van der Waals surface area contributed by atoms with Crippen molar-refractivity contribution in [2.75, 3.05) is 7.05 Å². The van der Waals surface area contributed by atoms with E-state index in [4.69, 9.17) is 0 Å². The van der Waals surface area contributed by atoms with Gasteiger partial charge in [-0.3, -0.25) is 0 Å². The van der Waals surface area contributed by atoms with E-state index in [0.29, 0.717) is 5.41 Å². The average Bonchev–Trinajstić information content (AvgIpc) is 2.98. The van der Waals surface area contributed by atoms with Gasteiger partial charge in [-0.25, -0.2) is 0 Å². The molecule has 1 fully saturated rings. The lowest BCUT2D eigenvalue weighted by Crippen LogP contribution is -2.41. The van der Waals surface area contributed by atoms with Crippen LogP contribution in [0.25, 0.3) is 0 Å². The summed E-state index contributed by atoms with van der Waals surface area (Å²) in [5.41, 5.74) is 0.613. The molecule has 0 aromatic rings. The molecule has 0 radical (unpaired) electrons. The number of nitrogens with one attached hydrogen (secondary N) is 1. The molecule has 0 aromatic carbocycles. The van der Waals surface area contributed by atoms with Crippen molar-refractivity contribution in [2.45, 2.75) is 72.3 Å². The molecule has 1 saturated carbocycles. The highest BCUT2D eigenvalue weighted by molar-refractivity contribution is 5.01. The Balaban J connectivity index is 2.58. The largest absolute Gasteiger partial charge is 0.316 e. The zero-order valence-corrected chi connectivity index (χ0v) is 12.0. The molecule has 1 rings (SSSR count). The van der Waals surface area contributed by atoms with E-state index in [9.17, 15) is 0 Å². The Bertz CT molecular complexity index is 196. The van der Waals surface area contributed by atoms with Crippen LogP contribution in [0.2, 0.25) is 0 Å². The van der Waals surface area contributed by atoms with Crippen LogP contribution in [-0.4, -0.2) is 13.1 Å². The first-order valence-corrected chi connectivity index (χ1v) is 7.24. The zero-order chi connectivity index (χ0) is 12.2. The van der Waals surface area contributed by atoms with Crippen LogP contribution in [0.1, 0.15) is 66.2 Å². The minimum atomic E-state index is 0.613. The highest BCUT2D eigenvalue weighted by Gasteiger charge is 2.46. The Labute approximate surface area is 102 Å². The van der Waals surface area contributed by atoms with E-state index in [-0.39, 0.29) is 0 Å². The summed E-state index contributed by atoms with van der Waals surface area (Å²) in [5, 5.41) is 3.62. The van der Waals surface area contributed by atoms with Gasteiger partial charge in [0.25, 0.3) is 0 Å². The molecule has 0 aromatic heterocycles. The summed E-state index contributed by atoms with van der Waals surface area (Å²) >= 11 is 0. The predicted octanol–water partition coefficient (Wildman–Crippen LogP) is 4.23. The fraction of sp³-hybridized carbons (Fsp3) is 1.00. The Morgan fingerprint density at radius 2 is 1.88 bits per heavy atom. The monoisotopic (exact) mass is 225 g/mol. The van der Waals surface area contributed by atoms with Crippen LogP contribution < -0.4 is 5.32 Å². The summed E-state index contributed by atoms with van der Waals surface area (Å²) in [4.78, 5) is 0. The molecule has 1 aliphatic carbocycles. The van der Waals surface area contributed by atoms with Gasteiger partial charge in [0.2, 0.25) is 0 Å². The number of rotatable bonds is 8. The van der Waals surface area contributed by atoms with E-state index in [2.05, 4.69) is 40.1 Å². The van der Waals surface area contributed by atoms with E-state index >= 15 is 0 Å². The van der Waals surface area contributed by atoms with Gasteiger partial charge in [-0.1, -0.05) is 40.5 Å². The van der Waals surface area contributed by atoms with Crippen molar-refractivity contribution in [3.63, 3.8) is 0 Å². The fourth-order valence-corrected chi connectivity index (χ4v) is 3.14. The van der Waals surface area contributed by atoms with Gasteiger partial charge in [-0.2, -0.15) is 0 Å². The van der Waals surface area contributed by atoms with Crippen LogP contribution in [0.4, 0.5) is 0 Å². The van der Waals surface area contributed by atoms with Gasteiger partial charge in [0.1, 0.15) is 0 Å². The van der Waals surface area contributed by atoms with Crippen molar-refractivity contribution in [1.82, 2.24) is 5.32 Å². The van der Waals surface area contributed by atoms with Crippen LogP contribution in [0.3, 0.4) is 0 Å². The third-order valence-corrected chi connectivity index (χ3v) is 4.63. The van der Waals surface area contributed by atoms with Gasteiger partial charge in [-0.05, 0) is 50.0 Å². The van der Waals surface area contributed by atoms with E-state index in [1.807, 2.05) is 0 Å². The van der Waals surface area contributed by atoms with Crippen molar-refractivity contribution < 1.29 is 0 Å². The maximum absolute atomic E-state index is 3.62. The molecule has 1 aliphatic rings. The van der Waals surface area contributed by atoms with Crippen molar-refractivity contribution >= 4 is 0 Å². The smallest absolute Gasteiger partial charge is 0.0146 e. The zero-order valence-electron chi connectivity index (χ0n) is 12.0. The van der Waals surface area contributed by atoms with E-state index in [1.54, 1.807) is 0 Å². The van der Waals surface area contributed by atoms with Crippen LogP contribution in [0.5, 0.6) is 0 Å². The van der Waals surface area contributed by atoms with Gasteiger partial charge >= 0.3 is 0 Å². The first-order valence-electron chi connectivity index (χ1n) is 7.24. The molecule has 0 saturated heterocycles. The molecule has 0 aliphatic heterocycles. The molecule has 3 atom stereocenters. The lowest BCUT2D eigenvalue weighted by Gasteiger charge is -2.33. The molecular weight excluding hydrogens is 194 g/mol. The third kappa shape index (κ3) is 3.48. The van der Waals surface area contributed by atoms with E-state index in [1.165, 1.54) is 38.5 Å². The highest BCUT2D eigenvalue weighted by atomic mass is 14.9.